The van der Waals surface area contributed by atoms with E-state index < -0.39 is 0 Å². The molecule has 0 aliphatic carbocycles. The standard InChI is InChI=1S/C14H19Cl2NO/c1-5-6-18-13-10(9-17-14(2,3)4)7-11(15)8-12(13)16/h5,7-8,17H,1,6,9H2,2-4H3. The molecule has 0 spiro atoms. The van der Waals surface area contributed by atoms with Crippen LogP contribution in [0, 0.1) is 0 Å². The Bertz CT molecular complexity index is 425. The zero-order valence-corrected chi connectivity index (χ0v) is 12.5. The molecular formula is C14H19Cl2NO. The van der Waals surface area contributed by atoms with Crippen molar-refractivity contribution >= 4 is 23.2 Å². The maximum atomic E-state index is 6.15. The van der Waals surface area contributed by atoms with E-state index >= 15 is 0 Å². The Hall–Kier alpha value is -0.700. The Balaban J connectivity index is 2.95. The first-order valence-corrected chi connectivity index (χ1v) is 6.55. The molecular weight excluding hydrogens is 269 g/mol. The van der Waals surface area contributed by atoms with Gasteiger partial charge in [0.2, 0.25) is 0 Å². The lowest BCUT2D eigenvalue weighted by Gasteiger charge is -2.22. The van der Waals surface area contributed by atoms with Crippen molar-refractivity contribution in [2.24, 2.45) is 0 Å². The first-order valence-electron chi connectivity index (χ1n) is 5.80. The highest BCUT2D eigenvalue weighted by Gasteiger charge is 2.14. The molecule has 0 aliphatic heterocycles. The van der Waals surface area contributed by atoms with Gasteiger partial charge >= 0.3 is 0 Å². The molecule has 2 nitrogen and oxygen atoms in total. The second kappa shape index (κ2) is 6.46. The molecule has 0 aromatic heterocycles. The van der Waals surface area contributed by atoms with Crippen LogP contribution in [0.3, 0.4) is 0 Å². The Morgan fingerprint density at radius 2 is 2.00 bits per heavy atom. The van der Waals surface area contributed by atoms with Gasteiger partial charge in [0, 0.05) is 22.7 Å². The molecule has 1 N–H and O–H groups in total. The van der Waals surface area contributed by atoms with E-state index in [4.69, 9.17) is 27.9 Å². The van der Waals surface area contributed by atoms with E-state index in [2.05, 4.69) is 32.7 Å². The lowest BCUT2D eigenvalue weighted by molar-refractivity contribution is 0.353. The number of nitrogens with one attached hydrogen (secondary N) is 1. The number of benzene rings is 1. The van der Waals surface area contributed by atoms with Gasteiger partial charge < -0.3 is 10.1 Å². The van der Waals surface area contributed by atoms with E-state index in [0.717, 1.165) is 5.56 Å². The van der Waals surface area contributed by atoms with E-state index in [1.54, 1.807) is 12.1 Å². The van der Waals surface area contributed by atoms with Gasteiger partial charge in [-0.1, -0.05) is 35.9 Å². The molecule has 0 heterocycles. The number of hydrogen-bond acceptors (Lipinski definition) is 2. The third-order valence-corrected chi connectivity index (χ3v) is 2.74. The van der Waals surface area contributed by atoms with Gasteiger partial charge in [0.1, 0.15) is 12.4 Å². The SMILES string of the molecule is C=CCOc1c(Cl)cc(Cl)cc1CNC(C)(C)C. The summed E-state index contributed by atoms with van der Waals surface area (Å²) in [5, 5.41) is 4.52. The topological polar surface area (TPSA) is 21.3 Å². The fraction of sp³-hybridized carbons (Fsp3) is 0.429. The summed E-state index contributed by atoms with van der Waals surface area (Å²) in [6.07, 6.45) is 1.69. The van der Waals surface area contributed by atoms with Crippen molar-refractivity contribution in [3.63, 3.8) is 0 Å². The van der Waals surface area contributed by atoms with E-state index in [1.165, 1.54) is 0 Å². The van der Waals surface area contributed by atoms with Crippen LogP contribution >= 0.6 is 23.2 Å². The Morgan fingerprint density at radius 1 is 1.33 bits per heavy atom. The van der Waals surface area contributed by atoms with Crippen LogP contribution in [-0.4, -0.2) is 12.1 Å². The van der Waals surface area contributed by atoms with Crippen molar-refractivity contribution in [1.82, 2.24) is 5.32 Å². The smallest absolute Gasteiger partial charge is 0.142 e. The quantitative estimate of drug-likeness (QED) is 0.808. The molecule has 18 heavy (non-hydrogen) atoms. The predicted octanol–water partition coefficient (Wildman–Crippen LogP) is 4.45. The summed E-state index contributed by atoms with van der Waals surface area (Å²) in [5.41, 5.74) is 0.967. The largest absolute Gasteiger partial charge is 0.488 e. The van der Waals surface area contributed by atoms with Crippen LogP contribution in [0.4, 0.5) is 0 Å². The van der Waals surface area contributed by atoms with E-state index in [9.17, 15) is 0 Å². The minimum atomic E-state index is 0.0184. The first-order chi connectivity index (χ1) is 8.33. The molecule has 0 saturated heterocycles. The van der Waals surface area contributed by atoms with Crippen molar-refractivity contribution < 1.29 is 4.74 Å². The fourth-order valence-corrected chi connectivity index (χ4v) is 2.00. The maximum Gasteiger partial charge on any atom is 0.142 e. The molecule has 0 amide bonds. The van der Waals surface area contributed by atoms with Gasteiger partial charge in [0.05, 0.1) is 5.02 Å². The van der Waals surface area contributed by atoms with Crippen molar-refractivity contribution in [3.8, 4) is 5.75 Å². The summed E-state index contributed by atoms with van der Waals surface area (Å²) in [6.45, 7) is 11.0. The summed E-state index contributed by atoms with van der Waals surface area (Å²) < 4.78 is 5.59. The number of ether oxygens (including phenoxy) is 1. The second-order valence-electron chi connectivity index (χ2n) is 5.08. The van der Waals surface area contributed by atoms with Crippen molar-refractivity contribution in [2.75, 3.05) is 6.61 Å². The van der Waals surface area contributed by atoms with E-state index in [1.807, 2.05) is 6.07 Å². The molecule has 1 aromatic rings. The average Bonchev–Trinajstić information content (AvgIpc) is 2.23. The molecule has 1 rings (SSSR count). The molecule has 0 bridgehead atoms. The van der Waals surface area contributed by atoms with Gasteiger partial charge in [-0.3, -0.25) is 0 Å². The highest BCUT2D eigenvalue weighted by molar-refractivity contribution is 6.35. The molecule has 100 valence electrons. The molecule has 0 fully saturated rings. The van der Waals surface area contributed by atoms with Gasteiger partial charge in [-0.2, -0.15) is 0 Å². The minimum absolute atomic E-state index is 0.0184. The molecule has 0 aliphatic rings. The molecule has 0 atom stereocenters. The van der Waals surface area contributed by atoms with Crippen molar-refractivity contribution in [1.29, 1.82) is 0 Å². The molecule has 0 saturated carbocycles. The Kier molecular flexibility index (Phi) is 5.51. The van der Waals surface area contributed by atoms with E-state index in [0.29, 0.717) is 28.9 Å². The summed E-state index contributed by atoms with van der Waals surface area (Å²) in [7, 11) is 0. The van der Waals surface area contributed by atoms with E-state index in [-0.39, 0.29) is 5.54 Å². The van der Waals surface area contributed by atoms with Crippen molar-refractivity contribution in [2.45, 2.75) is 32.9 Å². The summed E-state index contributed by atoms with van der Waals surface area (Å²) >= 11 is 12.2. The predicted molar refractivity (Wildman–Crippen MR) is 78.7 cm³/mol. The van der Waals surface area contributed by atoms with Gasteiger partial charge in [0.15, 0.2) is 0 Å². The van der Waals surface area contributed by atoms with Crippen LogP contribution in [0.15, 0.2) is 24.8 Å². The first kappa shape index (κ1) is 15.4. The number of rotatable bonds is 5. The number of hydrogen-bond donors (Lipinski definition) is 1. The zero-order valence-electron chi connectivity index (χ0n) is 11.0. The molecule has 4 heteroatoms. The van der Waals surface area contributed by atoms with Gasteiger partial charge in [-0.15, -0.1) is 0 Å². The van der Waals surface area contributed by atoms with Crippen LogP contribution in [0.1, 0.15) is 26.3 Å². The van der Waals surface area contributed by atoms with Crippen LogP contribution in [0.25, 0.3) is 0 Å². The fourth-order valence-electron chi connectivity index (χ4n) is 1.41. The van der Waals surface area contributed by atoms with Crippen LogP contribution < -0.4 is 10.1 Å². The monoisotopic (exact) mass is 287 g/mol. The van der Waals surface area contributed by atoms with Crippen LogP contribution in [-0.2, 0) is 6.54 Å². The lowest BCUT2D eigenvalue weighted by atomic mass is 10.1. The molecule has 0 radical (unpaired) electrons. The highest BCUT2D eigenvalue weighted by atomic mass is 35.5. The Labute approximate surface area is 119 Å². The van der Waals surface area contributed by atoms with Gasteiger partial charge in [-0.05, 0) is 32.9 Å². The third kappa shape index (κ3) is 4.89. The Morgan fingerprint density at radius 3 is 2.56 bits per heavy atom. The normalized spacial score (nSPS) is 11.4. The minimum Gasteiger partial charge on any atom is -0.488 e. The average molecular weight is 288 g/mol. The zero-order chi connectivity index (χ0) is 13.8. The molecule has 1 aromatic carbocycles. The summed E-state index contributed by atoms with van der Waals surface area (Å²) in [6, 6.07) is 3.55. The van der Waals surface area contributed by atoms with Crippen LogP contribution in [0.2, 0.25) is 10.0 Å². The van der Waals surface area contributed by atoms with Crippen LogP contribution in [0.5, 0.6) is 5.75 Å². The summed E-state index contributed by atoms with van der Waals surface area (Å²) in [4.78, 5) is 0. The van der Waals surface area contributed by atoms with Crippen molar-refractivity contribution in [3.05, 3.63) is 40.4 Å². The maximum absolute atomic E-state index is 6.15. The van der Waals surface area contributed by atoms with Gasteiger partial charge in [-0.25, -0.2) is 0 Å². The lowest BCUT2D eigenvalue weighted by Crippen LogP contribution is -2.35. The highest BCUT2D eigenvalue weighted by Crippen LogP contribution is 2.32. The number of halogens is 2. The second-order valence-corrected chi connectivity index (χ2v) is 5.92. The summed E-state index contributed by atoms with van der Waals surface area (Å²) in [5.74, 6) is 0.665. The van der Waals surface area contributed by atoms with Gasteiger partial charge in [0.25, 0.3) is 0 Å². The third-order valence-electron chi connectivity index (χ3n) is 2.24. The molecule has 0 unspecified atom stereocenters.